The van der Waals surface area contributed by atoms with Crippen LogP contribution >= 0.6 is 22.6 Å². The van der Waals surface area contributed by atoms with Crippen LogP contribution in [0.4, 0.5) is 11.4 Å². The van der Waals surface area contributed by atoms with Crippen LogP contribution in [-0.2, 0) is 4.74 Å². The lowest BCUT2D eigenvalue weighted by molar-refractivity contribution is -0.384. The van der Waals surface area contributed by atoms with Crippen molar-refractivity contribution in [1.82, 2.24) is 0 Å². The van der Waals surface area contributed by atoms with Crippen molar-refractivity contribution >= 4 is 34.0 Å². The molecule has 1 aromatic rings. The van der Waals surface area contributed by atoms with Crippen molar-refractivity contribution in [3.8, 4) is 0 Å². The largest absolute Gasteiger partial charge is 0.385 e. The second-order valence-electron chi connectivity index (χ2n) is 5.18. The van der Waals surface area contributed by atoms with Crippen LogP contribution in [0.1, 0.15) is 20.3 Å². The highest BCUT2D eigenvalue weighted by atomic mass is 127. The molecule has 0 unspecified atom stereocenters. The summed E-state index contributed by atoms with van der Waals surface area (Å²) in [7, 11) is 1.70. The number of benzene rings is 1. The zero-order valence-corrected chi connectivity index (χ0v) is 13.6. The first-order valence-electron chi connectivity index (χ1n) is 6.02. The lowest BCUT2D eigenvalue weighted by Gasteiger charge is -2.25. The number of hydrogen-bond acceptors (Lipinski definition) is 4. The minimum atomic E-state index is -0.380. The molecular weight excluding hydrogens is 359 g/mol. The number of methoxy groups -OCH3 is 1. The Labute approximate surface area is 127 Å². The molecule has 1 N–H and O–H groups in total. The lowest BCUT2D eigenvalue weighted by atomic mass is 9.89. The number of ether oxygens (including phenoxy) is 1. The summed E-state index contributed by atoms with van der Waals surface area (Å²) in [6, 6.07) is 4.85. The Kier molecular flexibility index (Phi) is 5.99. The van der Waals surface area contributed by atoms with Crippen LogP contribution in [0.25, 0.3) is 0 Å². The molecular formula is C13H19IN2O3. The molecule has 0 atom stereocenters. The highest BCUT2D eigenvalue weighted by molar-refractivity contribution is 14.1. The molecule has 0 aromatic heterocycles. The molecule has 0 radical (unpaired) electrons. The molecule has 0 spiro atoms. The molecule has 0 bridgehead atoms. The summed E-state index contributed by atoms with van der Waals surface area (Å²) >= 11 is 2.11. The fourth-order valence-electron chi connectivity index (χ4n) is 1.56. The number of nitrogens with zero attached hydrogens (tertiary/aromatic N) is 1. The Morgan fingerprint density at radius 3 is 2.68 bits per heavy atom. The summed E-state index contributed by atoms with van der Waals surface area (Å²) < 4.78 is 5.95. The molecule has 0 aliphatic carbocycles. The Morgan fingerprint density at radius 2 is 2.16 bits per heavy atom. The number of hydrogen-bond donors (Lipinski definition) is 1. The molecule has 0 aliphatic rings. The monoisotopic (exact) mass is 378 g/mol. The van der Waals surface area contributed by atoms with Crippen LogP contribution in [0.15, 0.2) is 18.2 Å². The van der Waals surface area contributed by atoms with Crippen LogP contribution < -0.4 is 5.32 Å². The van der Waals surface area contributed by atoms with E-state index in [9.17, 15) is 10.1 Å². The molecule has 0 amide bonds. The molecule has 5 nitrogen and oxygen atoms in total. The van der Waals surface area contributed by atoms with Gasteiger partial charge in [-0.25, -0.2) is 0 Å². The van der Waals surface area contributed by atoms with E-state index in [1.54, 1.807) is 19.2 Å². The van der Waals surface area contributed by atoms with Crippen LogP contribution in [0.5, 0.6) is 0 Å². The van der Waals surface area contributed by atoms with E-state index in [-0.39, 0.29) is 16.0 Å². The minimum absolute atomic E-state index is 0.112. The average molecular weight is 378 g/mol. The van der Waals surface area contributed by atoms with Crippen molar-refractivity contribution in [2.45, 2.75) is 20.3 Å². The van der Waals surface area contributed by atoms with Crippen LogP contribution in [0, 0.1) is 19.1 Å². The first-order valence-corrected chi connectivity index (χ1v) is 7.10. The van der Waals surface area contributed by atoms with E-state index in [4.69, 9.17) is 4.74 Å². The summed E-state index contributed by atoms with van der Waals surface area (Å²) in [5.74, 6) is 0. The fraction of sp³-hybridized carbons (Fsp3) is 0.538. The molecule has 0 fully saturated rings. The van der Waals surface area contributed by atoms with Gasteiger partial charge in [-0.15, -0.1) is 0 Å². The Bertz CT molecular complexity index is 450. The normalized spacial score (nSPS) is 11.4. The quantitative estimate of drug-likeness (QED) is 0.447. The summed E-state index contributed by atoms with van der Waals surface area (Å²) in [6.45, 7) is 5.85. The highest BCUT2D eigenvalue weighted by Crippen LogP contribution is 2.26. The molecule has 19 heavy (non-hydrogen) atoms. The summed E-state index contributed by atoms with van der Waals surface area (Å²) in [5, 5.41) is 14.0. The van der Waals surface area contributed by atoms with Gasteiger partial charge in [-0.1, -0.05) is 13.8 Å². The zero-order chi connectivity index (χ0) is 14.5. The predicted molar refractivity (Wildman–Crippen MR) is 84.6 cm³/mol. The highest BCUT2D eigenvalue weighted by Gasteiger charge is 2.18. The third-order valence-electron chi connectivity index (χ3n) is 2.90. The topological polar surface area (TPSA) is 64.4 Å². The van der Waals surface area contributed by atoms with Gasteiger partial charge < -0.3 is 10.1 Å². The van der Waals surface area contributed by atoms with E-state index in [2.05, 4.69) is 41.8 Å². The van der Waals surface area contributed by atoms with E-state index in [0.29, 0.717) is 0 Å². The van der Waals surface area contributed by atoms with Crippen molar-refractivity contribution in [3.05, 3.63) is 31.9 Å². The van der Waals surface area contributed by atoms with Gasteiger partial charge >= 0.3 is 0 Å². The van der Waals surface area contributed by atoms with Gasteiger partial charge in [0, 0.05) is 41.7 Å². The van der Waals surface area contributed by atoms with Gasteiger partial charge in [-0.05, 0) is 40.5 Å². The number of nitro groups is 1. The first kappa shape index (κ1) is 16.2. The molecule has 0 saturated heterocycles. The van der Waals surface area contributed by atoms with Gasteiger partial charge in [0.1, 0.15) is 0 Å². The molecule has 1 rings (SSSR count). The molecule has 0 aliphatic heterocycles. The third-order valence-corrected chi connectivity index (χ3v) is 3.80. The Hall–Kier alpha value is -0.890. The zero-order valence-electron chi connectivity index (χ0n) is 11.4. The number of nitrogens with one attached hydrogen (secondary N) is 1. The second-order valence-corrected chi connectivity index (χ2v) is 6.34. The van der Waals surface area contributed by atoms with Gasteiger partial charge in [-0.2, -0.15) is 0 Å². The van der Waals surface area contributed by atoms with E-state index < -0.39 is 0 Å². The van der Waals surface area contributed by atoms with Crippen LogP contribution in [-0.4, -0.2) is 25.2 Å². The van der Waals surface area contributed by atoms with Gasteiger partial charge in [0.25, 0.3) is 5.69 Å². The second kappa shape index (κ2) is 7.04. The lowest BCUT2D eigenvalue weighted by Crippen LogP contribution is -2.24. The van der Waals surface area contributed by atoms with Crippen molar-refractivity contribution in [1.29, 1.82) is 0 Å². The van der Waals surface area contributed by atoms with Gasteiger partial charge in [-0.3, -0.25) is 10.1 Å². The number of halogens is 1. The van der Waals surface area contributed by atoms with Crippen molar-refractivity contribution < 1.29 is 9.66 Å². The van der Waals surface area contributed by atoms with E-state index in [1.807, 2.05) is 0 Å². The van der Waals surface area contributed by atoms with Crippen LogP contribution in [0.2, 0.25) is 0 Å². The van der Waals surface area contributed by atoms with Crippen molar-refractivity contribution in [2.24, 2.45) is 5.41 Å². The maximum absolute atomic E-state index is 10.7. The third kappa shape index (κ3) is 5.32. The summed E-state index contributed by atoms with van der Waals surface area (Å²) in [4.78, 5) is 10.3. The van der Waals surface area contributed by atoms with Gasteiger partial charge in [0.15, 0.2) is 0 Å². The Morgan fingerprint density at radius 1 is 1.47 bits per heavy atom. The predicted octanol–water partition coefficient (Wildman–Crippen LogP) is 3.67. The summed E-state index contributed by atoms with van der Waals surface area (Å²) in [6.07, 6.45) is 0.958. The van der Waals surface area contributed by atoms with E-state index >= 15 is 0 Å². The average Bonchev–Trinajstić information content (AvgIpc) is 2.35. The van der Waals surface area contributed by atoms with Gasteiger partial charge in [0.05, 0.1) is 4.92 Å². The fourth-order valence-corrected chi connectivity index (χ4v) is 2.25. The number of nitro benzene ring substituents is 1. The molecule has 6 heteroatoms. The molecule has 1 aromatic carbocycles. The SMILES string of the molecule is COCCC(C)(C)CNc1ccc([N+](=O)[O-])cc1I. The number of anilines is 1. The molecule has 0 saturated carbocycles. The molecule has 0 heterocycles. The van der Waals surface area contributed by atoms with E-state index in [1.165, 1.54) is 6.07 Å². The first-order chi connectivity index (χ1) is 8.85. The van der Waals surface area contributed by atoms with Crippen molar-refractivity contribution in [2.75, 3.05) is 25.6 Å². The number of non-ortho nitro benzene ring substituents is 1. The maximum Gasteiger partial charge on any atom is 0.270 e. The smallest absolute Gasteiger partial charge is 0.270 e. The number of rotatable bonds is 7. The Balaban J connectivity index is 2.65. The standard InChI is InChI=1S/C13H19IN2O3/c1-13(2,6-7-19-3)9-15-12-5-4-10(16(17)18)8-11(12)14/h4-5,8,15H,6-7,9H2,1-3H3. The van der Waals surface area contributed by atoms with Gasteiger partial charge in [0.2, 0.25) is 0 Å². The maximum atomic E-state index is 10.7. The van der Waals surface area contributed by atoms with Crippen molar-refractivity contribution in [3.63, 3.8) is 0 Å². The van der Waals surface area contributed by atoms with E-state index in [0.717, 1.165) is 28.8 Å². The minimum Gasteiger partial charge on any atom is -0.385 e. The van der Waals surface area contributed by atoms with Crippen LogP contribution in [0.3, 0.4) is 0 Å². The summed E-state index contributed by atoms with van der Waals surface area (Å²) in [5.41, 5.74) is 1.16. The molecule has 106 valence electrons.